The molecule has 3 N–H and O–H groups in total. The summed E-state index contributed by atoms with van der Waals surface area (Å²) in [6.07, 6.45) is -0.694. The SMILES string of the molecule is CCN(C(=O)c1ccc(-c2c(C)[nH]c(=O)[nH]c2=O)cc1)[C@H]1COC[C@@H]1O. The van der Waals surface area contributed by atoms with E-state index in [0.29, 0.717) is 35.5 Å². The number of ether oxygens (including phenoxy) is 1. The fourth-order valence-corrected chi connectivity index (χ4v) is 3.25. The molecule has 8 nitrogen and oxygen atoms in total. The molecular weight excluding hydrogens is 338 g/mol. The predicted octanol–water partition coefficient (Wildman–Crippen LogP) is 0.260. The number of hydrogen-bond donors (Lipinski definition) is 3. The smallest absolute Gasteiger partial charge is 0.325 e. The van der Waals surface area contributed by atoms with Crippen LogP contribution in [0.2, 0.25) is 0 Å². The van der Waals surface area contributed by atoms with E-state index in [9.17, 15) is 19.5 Å². The highest BCUT2D eigenvalue weighted by Crippen LogP contribution is 2.20. The molecule has 3 rings (SSSR count). The van der Waals surface area contributed by atoms with Crippen molar-refractivity contribution in [3.05, 3.63) is 56.4 Å². The summed E-state index contributed by atoms with van der Waals surface area (Å²) in [4.78, 5) is 42.5. The van der Waals surface area contributed by atoms with Gasteiger partial charge in [0.25, 0.3) is 11.5 Å². The van der Waals surface area contributed by atoms with Crippen LogP contribution in [0.25, 0.3) is 11.1 Å². The highest BCUT2D eigenvalue weighted by Gasteiger charge is 2.34. The molecule has 1 saturated heterocycles. The number of aromatic nitrogens is 2. The Morgan fingerprint density at radius 1 is 1.23 bits per heavy atom. The summed E-state index contributed by atoms with van der Waals surface area (Å²) in [6.45, 7) is 4.47. The first-order valence-corrected chi connectivity index (χ1v) is 8.42. The zero-order valence-electron chi connectivity index (χ0n) is 14.6. The van der Waals surface area contributed by atoms with Crippen molar-refractivity contribution in [1.29, 1.82) is 0 Å². The fourth-order valence-electron chi connectivity index (χ4n) is 3.25. The number of aromatic amines is 2. The molecule has 0 unspecified atom stereocenters. The minimum Gasteiger partial charge on any atom is -0.388 e. The van der Waals surface area contributed by atoms with Gasteiger partial charge in [-0.2, -0.15) is 0 Å². The molecule has 2 heterocycles. The number of amides is 1. The molecule has 8 heteroatoms. The molecule has 1 fully saturated rings. The van der Waals surface area contributed by atoms with Crippen LogP contribution in [-0.4, -0.2) is 57.8 Å². The molecule has 1 aliphatic rings. The third-order valence-corrected chi connectivity index (χ3v) is 4.57. The summed E-state index contributed by atoms with van der Waals surface area (Å²) in [5, 5.41) is 9.98. The van der Waals surface area contributed by atoms with Crippen LogP contribution in [0.15, 0.2) is 33.9 Å². The van der Waals surface area contributed by atoms with Crippen LogP contribution < -0.4 is 11.2 Å². The molecule has 0 bridgehead atoms. The van der Waals surface area contributed by atoms with E-state index in [1.807, 2.05) is 6.92 Å². The number of aliphatic hydroxyl groups excluding tert-OH is 1. The Bertz CT molecular complexity index is 916. The van der Waals surface area contributed by atoms with Crippen LogP contribution in [0, 0.1) is 6.92 Å². The number of nitrogens with zero attached hydrogens (tertiary/aromatic N) is 1. The van der Waals surface area contributed by atoms with Gasteiger partial charge >= 0.3 is 5.69 Å². The molecule has 2 aromatic rings. The van der Waals surface area contributed by atoms with Crippen molar-refractivity contribution in [2.24, 2.45) is 0 Å². The lowest BCUT2D eigenvalue weighted by Gasteiger charge is -2.28. The fraction of sp³-hybridized carbons (Fsp3) is 0.389. The first-order chi connectivity index (χ1) is 12.4. The van der Waals surface area contributed by atoms with Crippen molar-refractivity contribution >= 4 is 5.91 Å². The van der Waals surface area contributed by atoms with Crippen LogP contribution in [-0.2, 0) is 4.74 Å². The van der Waals surface area contributed by atoms with E-state index in [-0.39, 0.29) is 18.6 Å². The Kier molecular flexibility index (Phi) is 5.06. The quantitative estimate of drug-likeness (QED) is 0.724. The van der Waals surface area contributed by atoms with Crippen LogP contribution in [0.1, 0.15) is 23.0 Å². The predicted molar refractivity (Wildman–Crippen MR) is 95.2 cm³/mol. The molecule has 1 amide bonds. The van der Waals surface area contributed by atoms with E-state index in [1.165, 1.54) is 0 Å². The van der Waals surface area contributed by atoms with Crippen molar-refractivity contribution in [3.8, 4) is 11.1 Å². The molecule has 0 aliphatic carbocycles. The van der Waals surface area contributed by atoms with Gasteiger partial charge in [-0.15, -0.1) is 0 Å². The minimum atomic E-state index is -0.694. The van der Waals surface area contributed by atoms with E-state index >= 15 is 0 Å². The summed E-state index contributed by atoms with van der Waals surface area (Å²) in [5.41, 5.74) is 0.831. The Morgan fingerprint density at radius 3 is 2.46 bits per heavy atom. The topological polar surface area (TPSA) is 115 Å². The zero-order chi connectivity index (χ0) is 18.8. The highest BCUT2D eigenvalue weighted by atomic mass is 16.5. The van der Waals surface area contributed by atoms with Crippen molar-refractivity contribution in [1.82, 2.24) is 14.9 Å². The first kappa shape index (κ1) is 18.1. The molecule has 0 saturated carbocycles. The lowest BCUT2D eigenvalue weighted by molar-refractivity contribution is 0.0520. The molecule has 0 spiro atoms. The number of aryl methyl sites for hydroxylation is 1. The summed E-state index contributed by atoms with van der Waals surface area (Å²) in [6, 6.07) is 6.23. The van der Waals surface area contributed by atoms with Crippen LogP contribution in [0.5, 0.6) is 0 Å². The van der Waals surface area contributed by atoms with E-state index in [4.69, 9.17) is 4.74 Å². The molecule has 26 heavy (non-hydrogen) atoms. The molecule has 0 radical (unpaired) electrons. The first-order valence-electron chi connectivity index (χ1n) is 8.42. The molecule has 138 valence electrons. The summed E-state index contributed by atoms with van der Waals surface area (Å²) < 4.78 is 5.24. The summed E-state index contributed by atoms with van der Waals surface area (Å²) >= 11 is 0. The maximum Gasteiger partial charge on any atom is 0.325 e. The number of aliphatic hydroxyl groups is 1. The Hall–Kier alpha value is -2.71. The Labute approximate surface area is 149 Å². The largest absolute Gasteiger partial charge is 0.388 e. The Balaban J connectivity index is 1.89. The standard InChI is InChI=1S/C18H21N3O5/c1-3-21(13-8-26-9-14(13)22)17(24)12-6-4-11(5-7-12)15-10(2)19-18(25)20-16(15)23/h4-7,13-14,22H,3,8-9H2,1-2H3,(H2,19,20,23,25)/t13-,14-/m0/s1. The number of carbonyl (C=O) groups excluding carboxylic acids is 1. The third kappa shape index (κ3) is 3.33. The van der Waals surface area contributed by atoms with Gasteiger partial charge in [0.1, 0.15) is 0 Å². The van der Waals surface area contributed by atoms with Crippen molar-refractivity contribution in [2.75, 3.05) is 19.8 Å². The van der Waals surface area contributed by atoms with E-state index in [2.05, 4.69) is 9.97 Å². The number of carbonyl (C=O) groups is 1. The van der Waals surface area contributed by atoms with E-state index in [1.54, 1.807) is 36.1 Å². The monoisotopic (exact) mass is 359 g/mol. The maximum absolute atomic E-state index is 12.8. The second-order valence-electron chi connectivity index (χ2n) is 6.25. The second-order valence-corrected chi connectivity index (χ2v) is 6.25. The number of likely N-dealkylation sites (N-methyl/N-ethyl adjacent to an activating group) is 1. The van der Waals surface area contributed by atoms with Crippen LogP contribution >= 0.6 is 0 Å². The van der Waals surface area contributed by atoms with Gasteiger partial charge in [-0.05, 0) is 31.5 Å². The number of H-pyrrole nitrogens is 2. The normalized spacial score (nSPS) is 19.5. The van der Waals surface area contributed by atoms with Gasteiger partial charge in [0, 0.05) is 17.8 Å². The third-order valence-electron chi connectivity index (χ3n) is 4.57. The number of rotatable bonds is 4. The summed E-state index contributed by atoms with van der Waals surface area (Å²) in [5.74, 6) is -0.208. The van der Waals surface area contributed by atoms with Crippen molar-refractivity contribution in [2.45, 2.75) is 26.0 Å². The molecule has 1 aromatic heterocycles. The summed E-state index contributed by atoms with van der Waals surface area (Å²) in [7, 11) is 0. The van der Waals surface area contributed by atoms with Gasteiger partial charge in [0.2, 0.25) is 0 Å². The van der Waals surface area contributed by atoms with Gasteiger partial charge in [0.05, 0.1) is 30.9 Å². The second kappa shape index (κ2) is 7.27. The lowest BCUT2D eigenvalue weighted by Crippen LogP contribution is -2.46. The number of benzene rings is 1. The van der Waals surface area contributed by atoms with Gasteiger partial charge in [-0.1, -0.05) is 12.1 Å². The minimum absolute atomic E-state index is 0.208. The zero-order valence-corrected chi connectivity index (χ0v) is 14.6. The average Bonchev–Trinajstić information content (AvgIpc) is 3.01. The van der Waals surface area contributed by atoms with Crippen LogP contribution in [0.4, 0.5) is 0 Å². The number of nitrogens with one attached hydrogen (secondary N) is 2. The molecule has 1 aromatic carbocycles. The van der Waals surface area contributed by atoms with Gasteiger partial charge in [0.15, 0.2) is 0 Å². The van der Waals surface area contributed by atoms with E-state index in [0.717, 1.165) is 0 Å². The van der Waals surface area contributed by atoms with Crippen molar-refractivity contribution in [3.63, 3.8) is 0 Å². The molecule has 1 aliphatic heterocycles. The number of hydrogen-bond acceptors (Lipinski definition) is 5. The van der Waals surface area contributed by atoms with Gasteiger partial charge < -0.3 is 19.7 Å². The van der Waals surface area contributed by atoms with Crippen molar-refractivity contribution < 1.29 is 14.6 Å². The lowest BCUT2D eigenvalue weighted by atomic mass is 10.0. The molecule has 2 atom stereocenters. The van der Waals surface area contributed by atoms with Gasteiger partial charge in [-0.3, -0.25) is 14.6 Å². The average molecular weight is 359 g/mol. The van der Waals surface area contributed by atoms with Gasteiger partial charge in [-0.25, -0.2) is 4.79 Å². The van der Waals surface area contributed by atoms with E-state index < -0.39 is 17.4 Å². The Morgan fingerprint density at radius 2 is 1.92 bits per heavy atom. The van der Waals surface area contributed by atoms with Crippen LogP contribution in [0.3, 0.4) is 0 Å². The maximum atomic E-state index is 12.8. The molecular formula is C18H21N3O5. The highest BCUT2D eigenvalue weighted by molar-refractivity contribution is 5.95.